The Hall–Kier alpha value is -2.70. The molecule has 0 aliphatic heterocycles. The summed E-state index contributed by atoms with van der Waals surface area (Å²) in [6, 6.07) is 5.18. The van der Waals surface area contributed by atoms with Crippen LogP contribution in [0.1, 0.15) is 46.8 Å². The zero-order chi connectivity index (χ0) is 16.8. The molecule has 0 atom stereocenters. The third-order valence-corrected chi connectivity index (χ3v) is 4.09. The lowest BCUT2D eigenvalue weighted by Crippen LogP contribution is -2.28. The lowest BCUT2D eigenvalue weighted by molar-refractivity contribution is 0.0905. The zero-order valence-corrected chi connectivity index (χ0v) is 13.4. The lowest BCUT2D eigenvalue weighted by atomic mass is 9.77. The van der Waals surface area contributed by atoms with Crippen LogP contribution < -0.4 is 11.1 Å². The van der Waals surface area contributed by atoms with E-state index in [2.05, 4.69) is 29.5 Å². The van der Waals surface area contributed by atoms with Gasteiger partial charge in [-0.15, -0.1) is 5.10 Å². The van der Waals surface area contributed by atoms with Crippen LogP contribution in [0, 0.1) is 5.41 Å². The number of rotatable bonds is 3. The third-order valence-electron chi connectivity index (χ3n) is 4.09. The standard InChI is InChI=1S/C16H19N5O2/c1-16(2)7-12-14(13(22)8-16)19-20-21(12)9-4-5-10(15(17)23)11(6-9)18-3/h4-6,18H,7-8H2,1-3H3,(H2,17,23). The Morgan fingerprint density at radius 2 is 2.09 bits per heavy atom. The summed E-state index contributed by atoms with van der Waals surface area (Å²) in [6.45, 7) is 4.11. The molecule has 0 bridgehead atoms. The summed E-state index contributed by atoms with van der Waals surface area (Å²) in [4.78, 5) is 23.7. The summed E-state index contributed by atoms with van der Waals surface area (Å²) in [5, 5.41) is 11.1. The average Bonchev–Trinajstić information content (AvgIpc) is 2.88. The topological polar surface area (TPSA) is 103 Å². The summed E-state index contributed by atoms with van der Waals surface area (Å²) in [6.07, 6.45) is 1.19. The molecule has 1 aliphatic rings. The van der Waals surface area contributed by atoms with Crippen LogP contribution in [0.2, 0.25) is 0 Å². The van der Waals surface area contributed by atoms with Crippen molar-refractivity contribution in [2.24, 2.45) is 11.1 Å². The molecule has 0 radical (unpaired) electrons. The number of hydrogen-bond donors (Lipinski definition) is 2. The number of Topliss-reactive ketones (excluding diaryl/α,β-unsaturated/α-hetero) is 1. The third kappa shape index (κ3) is 2.58. The SMILES string of the molecule is CNc1cc(-n2nnc3c2CC(C)(C)CC3=O)ccc1C(N)=O. The number of nitrogens with one attached hydrogen (secondary N) is 1. The number of amides is 1. The van der Waals surface area contributed by atoms with Crippen molar-refractivity contribution in [2.45, 2.75) is 26.7 Å². The molecule has 2 aromatic rings. The Labute approximate surface area is 133 Å². The molecule has 120 valence electrons. The summed E-state index contributed by atoms with van der Waals surface area (Å²) in [5.41, 5.74) is 8.24. The fraction of sp³-hybridized carbons (Fsp3) is 0.375. The zero-order valence-electron chi connectivity index (χ0n) is 13.4. The van der Waals surface area contributed by atoms with Crippen molar-refractivity contribution in [3.63, 3.8) is 0 Å². The maximum atomic E-state index is 12.2. The predicted molar refractivity (Wildman–Crippen MR) is 85.9 cm³/mol. The first-order valence-electron chi connectivity index (χ1n) is 7.42. The highest BCUT2D eigenvalue weighted by molar-refractivity contribution is 5.99. The van der Waals surface area contributed by atoms with Gasteiger partial charge in [0, 0.05) is 19.2 Å². The fourth-order valence-corrected chi connectivity index (χ4v) is 3.00. The quantitative estimate of drug-likeness (QED) is 0.895. The lowest BCUT2D eigenvalue weighted by Gasteiger charge is -2.28. The van der Waals surface area contributed by atoms with Gasteiger partial charge in [0.1, 0.15) is 0 Å². The smallest absolute Gasteiger partial charge is 0.250 e. The van der Waals surface area contributed by atoms with E-state index < -0.39 is 5.91 Å². The number of fused-ring (bicyclic) bond motifs is 1. The Morgan fingerprint density at radius 3 is 2.74 bits per heavy atom. The summed E-state index contributed by atoms with van der Waals surface area (Å²) < 4.78 is 1.67. The molecule has 3 rings (SSSR count). The van der Waals surface area contributed by atoms with Gasteiger partial charge in [0.2, 0.25) is 0 Å². The van der Waals surface area contributed by atoms with Gasteiger partial charge in [-0.3, -0.25) is 9.59 Å². The van der Waals surface area contributed by atoms with Crippen LogP contribution in [0.15, 0.2) is 18.2 Å². The van der Waals surface area contributed by atoms with E-state index in [-0.39, 0.29) is 11.2 Å². The van der Waals surface area contributed by atoms with Gasteiger partial charge in [0.15, 0.2) is 11.5 Å². The predicted octanol–water partition coefficient (Wildman–Crippen LogP) is 1.56. The molecular weight excluding hydrogens is 294 g/mol. The van der Waals surface area contributed by atoms with E-state index in [0.717, 1.165) is 11.4 Å². The molecule has 1 aromatic carbocycles. The van der Waals surface area contributed by atoms with E-state index in [9.17, 15) is 9.59 Å². The Balaban J connectivity index is 2.11. The number of carbonyl (C=O) groups is 2. The van der Waals surface area contributed by atoms with E-state index in [0.29, 0.717) is 29.8 Å². The second kappa shape index (κ2) is 5.19. The molecule has 1 heterocycles. The number of carbonyl (C=O) groups excluding carboxylic acids is 2. The van der Waals surface area contributed by atoms with Crippen molar-refractivity contribution in [2.75, 3.05) is 12.4 Å². The minimum atomic E-state index is -0.502. The van der Waals surface area contributed by atoms with Crippen molar-refractivity contribution in [1.29, 1.82) is 0 Å². The van der Waals surface area contributed by atoms with Crippen molar-refractivity contribution < 1.29 is 9.59 Å². The number of aromatic nitrogens is 3. The van der Waals surface area contributed by atoms with Crippen LogP contribution in [-0.2, 0) is 6.42 Å². The second-order valence-corrected chi connectivity index (χ2v) is 6.58. The Bertz CT molecular complexity index is 807. The molecule has 0 spiro atoms. The normalized spacial score (nSPS) is 16.0. The number of nitrogens with zero attached hydrogens (tertiary/aromatic N) is 3. The minimum absolute atomic E-state index is 0.0186. The van der Waals surface area contributed by atoms with E-state index in [1.807, 2.05) is 0 Å². The first-order valence-corrected chi connectivity index (χ1v) is 7.42. The van der Waals surface area contributed by atoms with Crippen molar-refractivity contribution in [3.8, 4) is 5.69 Å². The van der Waals surface area contributed by atoms with Gasteiger partial charge in [-0.2, -0.15) is 0 Å². The van der Waals surface area contributed by atoms with E-state index in [1.165, 1.54) is 0 Å². The van der Waals surface area contributed by atoms with Gasteiger partial charge < -0.3 is 11.1 Å². The highest BCUT2D eigenvalue weighted by atomic mass is 16.1. The van der Waals surface area contributed by atoms with Crippen molar-refractivity contribution >= 4 is 17.4 Å². The molecule has 0 fully saturated rings. The number of ketones is 1. The maximum absolute atomic E-state index is 12.2. The van der Waals surface area contributed by atoms with Gasteiger partial charge >= 0.3 is 0 Å². The Morgan fingerprint density at radius 1 is 1.35 bits per heavy atom. The fourth-order valence-electron chi connectivity index (χ4n) is 3.00. The monoisotopic (exact) mass is 313 g/mol. The van der Waals surface area contributed by atoms with Crippen LogP contribution >= 0.6 is 0 Å². The molecule has 7 heteroatoms. The van der Waals surface area contributed by atoms with Crippen LogP contribution in [0.4, 0.5) is 5.69 Å². The van der Waals surface area contributed by atoms with Crippen LogP contribution in [0.3, 0.4) is 0 Å². The summed E-state index contributed by atoms with van der Waals surface area (Å²) in [5.74, 6) is -0.483. The van der Waals surface area contributed by atoms with Crippen LogP contribution in [0.5, 0.6) is 0 Å². The molecule has 3 N–H and O–H groups in total. The highest BCUT2D eigenvalue weighted by Crippen LogP contribution is 2.34. The first kappa shape index (κ1) is 15.2. The van der Waals surface area contributed by atoms with E-state index in [1.54, 1.807) is 29.9 Å². The average molecular weight is 313 g/mol. The second-order valence-electron chi connectivity index (χ2n) is 6.58. The number of nitrogens with two attached hydrogens (primary N) is 1. The molecule has 0 saturated heterocycles. The van der Waals surface area contributed by atoms with Gasteiger partial charge in [-0.05, 0) is 30.0 Å². The van der Waals surface area contributed by atoms with Crippen LogP contribution in [0.25, 0.3) is 5.69 Å². The van der Waals surface area contributed by atoms with E-state index >= 15 is 0 Å². The summed E-state index contributed by atoms with van der Waals surface area (Å²) >= 11 is 0. The van der Waals surface area contributed by atoms with Crippen molar-refractivity contribution in [1.82, 2.24) is 15.0 Å². The number of hydrogen-bond acceptors (Lipinski definition) is 5. The highest BCUT2D eigenvalue weighted by Gasteiger charge is 2.35. The molecule has 1 aromatic heterocycles. The molecular formula is C16H19N5O2. The number of primary amides is 1. The van der Waals surface area contributed by atoms with E-state index in [4.69, 9.17) is 5.73 Å². The number of anilines is 1. The summed E-state index contributed by atoms with van der Waals surface area (Å²) in [7, 11) is 1.72. The molecule has 1 amide bonds. The molecule has 1 aliphatic carbocycles. The van der Waals surface area contributed by atoms with Gasteiger partial charge in [-0.25, -0.2) is 4.68 Å². The first-order chi connectivity index (χ1) is 10.8. The maximum Gasteiger partial charge on any atom is 0.250 e. The number of benzene rings is 1. The van der Waals surface area contributed by atoms with Gasteiger partial charge in [-0.1, -0.05) is 19.1 Å². The molecule has 7 nitrogen and oxygen atoms in total. The largest absolute Gasteiger partial charge is 0.387 e. The van der Waals surface area contributed by atoms with Gasteiger partial charge in [0.05, 0.1) is 16.9 Å². The van der Waals surface area contributed by atoms with Gasteiger partial charge in [0.25, 0.3) is 5.91 Å². The van der Waals surface area contributed by atoms with Crippen LogP contribution in [-0.4, -0.2) is 33.7 Å². The molecule has 0 saturated carbocycles. The molecule has 23 heavy (non-hydrogen) atoms. The molecule has 0 unspecified atom stereocenters. The Kier molecular flexibility index (Phi) is 3.43. The van der Waals surface area contributed by atoms with Crippen molar-refractivity contribution in [3.05, 3.63) is 35.2 Å². The minimum Gasteiger partial charge on any atom is -0.387 e.